The van der Waals surface area contributed by atoms with Crippen molar-refractivity contribution in [2.45, 2.75) is 145 Å². The summed E-state index contributed by atoms with van der Waals surface area (Å²) in [6.07, 6.45) is 8.10. The Labute approximate surface area is 176 Å². The van der Waals surface area contributed by atoms with Crippen LogP contribution in [0.2, 0.25) is 0 Å². The van der Waals surface area contributed by atoms with Gasteiger partial charge < -0.3 is 0 Å². The van der Waals surface area contributed by atoms with E-state index in [4.69, 9.17) is 0 Å². The van der Waals surface area contributed by atoms with Crippen molar-refractivity contribution in [3.8, 4) is 0 Å². The molecule has 170 valence electrons. The lowest BCUT2D eigenvalue weighted by molar-refractivity contribution is -0.117. The maximum atomic E-state index is 16.9. The van der Waals surface area contributed by atoms with Gasteiger partial charge >= 0.3 is 0 Å². The predicted octanol–water partition coefficient (Wildman–Crippen LogP) is 9.71. The van der Waals surface area contributed by atoms with Gasteiger partial charge in [0.05, 0.1) is 0 Å². The first-order valence-corrected chi connectivity index (χ1v) is 12.3. The quantitative estimate of drug-likeness (QED) is 0.256. The molecule has 0 saturated heterocycles. The Bertz CT molecular complexity index is 396. The predicted molar refractivity (Wildman–Crippen MR) is 122 cm³/mol. The van der Waals surface area contributed by atoms with E-state index < -0.39 is 11.3 Å². The summed E-state index contributed by atoms with van der Waals surface area (Å²) in [6.45, 7) is 20.9. The molecule has 1 unspecified atom stereocenters. The van der Waals surface area contributed by atoms with Gasteiger partial charge in [-0.05, 0) is 63.7 Å². The molecule has 0 spiro atoms. The van der Waals surface area contributed by atoms with E-state index in [0.717, 1.165) is 57.8 Å². The SMILES string of the molecule is CCC(CC)[C@@](C)(F)C(CC)CCCC(F)(C(C)(CC)CC)C(C)(CC)CC. The number of halogens is 2. The van der Waals surface area contributed by atoms with Crippen molar-refractivity contribution in [3.05, 3.63) is 0 Å². The lowest BCUT2D eigenvalue weighted by Gasteiger charge is -2.53. The smallest absolute Gasteiger partial charge is 0.121 e. The highest BCUT2D eigenvalue weighted by molar-refractivity contribution is 5.05. The molecule has 0 radical (unpaired) electrons. The van der Waals surface area contributed by atoms with Crippen LogP contribution in [0.15, 0.2) is 0 Å². The van der Waals surface area contributed by atoms with Gasteiger partial charge in [-0.1, -0.05) is 81.6 Å². The molecule has 0 aliphatic rings. The summed E-state index contributed by atoms with van der Waals surface area (Å²) in [5.74, 6) is 0.117. The summed E-state index contributed by atoms with van der Waals surface area (Å²) < 4.78 is 32.6. The van der Waals surface area contributed by atoms with E-state index in [9.17, 15) is 0 Å². The van der Waals surface area contributed by atoms with Crippen LogP contribution in [0.3, 0.4) is 0 Å². The van der Waals surface area contributed by atoms with Crippen molar-refractivity contribution < 1.29 is 8.78 Å². The third kappa shape index (κ3) is 5.31. The van der Waals surface area contributed by atoms with E-state index in [1.807, 2.05) is 0 Å². The van der Waals surface area contributed by atoms with Crippen LogP contribution >= 0.6 is 0 Å². The fourth-order valence-corrected chi connectivity index (χ4v) is 5.85. The topological polar surface area (TPSA) is 0 Å². The molecule has 2 heteroatoms. The monoisotopic (exact) mass is 402 g/mol. The molecule has 0 aromatic heterocycles. The van der Waals surface area contributed by atoms with Gasteiger partial charge in [0, 0.05) is 10.8 Å². The van der Waals surface area contributed by atoms with Gasteiger partial charge in [0.2, 0.25) is 0 Å². The minimum atomic E-state index is -1.22. The fraction of sp³-hybridized carbons (Fsp3) is 1.00. The van der Waals surface area contributed by atoms with Crippen molar-refractivity contribution in [2.24, 2.45) is 22.7 Å². The molecule has 2 atom stereocenters. The maximum Gasteiger partial charge on any atom is 0.121 e. The van der Waals surface area contributed by atoms with Crippen LogP contribution in [-0.4, -0.2) is 11.3 Å². The second kappa shape index (κ2) is 11.3. The molecular weight excluding hydrogens is 350 g/mol. The first-order valence-electron chi connectivity index (χ1n) is 12.3. The number of hydrogen-bond acceptors (Lipinski definition) is 0. The van der Waals surface area contributed by atoms with Crippen molar-refractivity contribution in [1.29, 1.82) is 0 Å². The van der Waals surface area contributed by atoms with Crippen molar-refractivity contribution in [3.63, 3.8) is 0 Å². The largest absolute Gasteiger partial charge is 0.244 e. The molecule has 0 aromatic carbocycles. The molecular formula is C26H52F2. The highest BCUT2D eigenvalue weighted by Gasteiger charge is 2.56. The first-order chi connectivity index (χ1) is 12.9. The van der Waals surface area contributed by atoms with E-state index >= 15 is 8.78 Å². The molecule has 0 nitrogen and oxygen atoms in total. The van der Waals surface area contributed by atoms with Gasteiger partial charge in [-0.2, -0.15) is 0 Å². The normalized spacial score (nSPS) is 17.0. The summed E-state index contributed by atoms with van der Waals surface area (Å²) in [5, 5.41) is 0. The van der Waals surface area contributed by atoms with Gasteiger partial charge in [-0.25, -0.2) is 8.78 Å². The molecule has 0 amide bonds. The molecule has 0 fully saturated rings. The Hall–Kier alpha value is -0.140. The molecule has 0 aliphatic carbocycles. The standard InChI is InChI=1S/C26H52F2/c1-11-21(12-2)25(10,27)22(13-3)19-18-20-26(28,23(8,14-4)15-5)24(9,16-6)17-7/h21-22H,11-20H2,1-10H3/t22?,25-/m1/s1. The second-order valence-corrected chi connectivity index (χ2v) is 10.00. The number of hydrogen-bond donors (Lipinski definition) is 0. The molecule has 0 saturated carbocycles. The summed E-state index contributed by atoms with van der Waals surface area (Å²) in [7, 11) is 0. The van der Waals surface area contributed by atoms with Gasteiger partial charge in [0.15, 0.2) is 0 Å². The summed E-state index contributed by atoms with van der Waals surface area (Å²) in [5.41, 5.74) is -3.03. The number of alkyl halides is 2. The van der Waals surface area contributed by atoms with E-state index in [1.165, 1.54) is 0 Å². The van der Waals surface area contributed by atoms with E-state index in [-0.39, 0.29) is 22.7 Å². The lowest BCUT2D eigenvalue weighted by Crippen LogP contribution is -2.54. The summed E-state index contributed by atoms with van der Waals surface area (Å²) in [6, 6.07) is 0. The molecule has 0 heterocycles. The van der Waals surface area contributed by atoms with Gasteiger partial charge in [0.25, 0.3) is 0 Å². The van der Waals surface area contributed by atoms with Crippen LogP contribution in [0.5, 0.6) is 0 Å². The summed E-state index contributed by atoms with van der Waals surface area (Å²) >= 11 is 0. The van der Waals surface area contributed by atoms with Gasteiger partial charge in [-0.3, -0.25) is 0 Å². The zero-order chi connectivity index (χ0) is 22.2. The van der Waals surface area contributed by atoms with E-state index in [1.54, 1.807) is 6.92 Å². The number of rotatable bonds is 15. The van der Waals surface area contributed by atoms with Crippen LogP contribution in [-0.2, 0) is 0 Å². The van der Waals surface area contributed by atoms with Crippen LogP contribution in [0.1, 0.15) is 133 Å². The van der Waals surface area contributed by atoms with Gasteiger partial charge in [0.1, 0.15) is 11.3 Å². The Kier molecular flexibility index (Phi) is 11.2. The van der Waals surface area contributed by atoms with Crippen LogP contribution in [0, 0.1) is 22.7 Å². The molecule has 0 N–H and O–H groups in total. The molecule has 28 heavy (non-hydrogen) atoms. The zero-order valence-corrected chi connectivity index (χ0v) is 21.0. The fourth-order valence-electron chi connectivity index (χ4n) is 5.85. The minimum Gasteiger partial charge on any atom is -0.244 e. The van der Waals surface area contributed by atoms with Crippen LogP contribution < -0.4 is 0 Å². The molecule has 0 bridgehead atoms. The minimum absolute atomic E-state index is 0.0191. The second-order valence-electron chi connectivity index (χ2n) is 10.00. The summed E-state index contributed by atoms with van der Waals surface area (Å²) in [4.78, 5) is 0. The lowest BCUT2D eigenvalue weighted by atomic mass is 9.55. The molecule has 0 aliphatic heterocycles. The zero-order valence-electron chi connectivity index (χ0n) is 21.0. The highest BCUT2D eigenvalue weighted by atomic mass is 19.1. The van der Waals surface area contributed by atoms with Gasteiger partial charge in [-0.15, -0.1) is 0 Å². The third-order valence-electron chi connectivity index (χ3n) is 9.18. The maximum absolute atomic E-state index is 16.9. The van der Waals surface area contributed by atoms with Crippen LogP contribution in [0.25, 0.3) is 0 Å². The third-order valence-corrected chi connectivity index (χ3v) is 9.18. The first kappa shape index (κ1) is 27.9. The molecule has 0 aromatic rings. The Morgan fingerprint density at radius 3 is 1.25 bits per heavy atom. The van der Waals surface area contributed by atoms with Crippen molar-refractivity contribution in [2.75, 3.05) is 0 Å². The van der Waals surface area contributed by atoms with Crippen molar-refractivity contribution >= 4 is 0 Å². The van der Waals surface area contributed by atoms with Crippen LogP contribution in [0.4, 0.5) is 8.78 Å². The van der Waals surface area contributed by atoms with E-state index in [2.05, 4.69) is 62.3 Å². The van der Waals surface area contributed by atoms with E-state index in [0.29, 0.717) is 6.42 Å². The van der Waals surface area contributed by atoms with Crippen molar-refractivity contribution in [1.82, 2.24) is 0 Å². The average Bonchev–Trinajstić information content (AvgIpc) is 2.69. The Balaban J connectivity index is 5.60. The highest BCUT2D eigenvalue weighted by Crippen LogP contribution is 2.57. The Morgan fingerprint density at radius 2 is 0.964 bits per heavy atom. The molecule has 0 rings (SSSR count). The average molecular weight is 403 g/mol. The Morgan fingerprint density at radius 1 is 0.607 bits per heavy atom.